The van der Waals surface area contributed by atoms with E-state index in [-0.39, 0.29) is 20.1 Å². The van der Waals surface area contributed by atoms with Gasteiger partial charge in [-0.25, -0.2) is 0 Å². The van der Waals surface area contributed by atoms with Gasteiger partial charge in [-0.2, -0.15) is 30.3 Å². The third-order valence-electron chi connectivity index (χ3n) is 3.93. The maximum atomic E-state index is 4.13. The van der Waals surface area contributed by atoms with Gasteiger partial charge in [0.05, 0.1) is 0 Å². The minimum atomic E-state index is 0. The van der Waals surface area contributed by atoms with Crippen LogP contribution in [0.25, 0.3) is 33.0 Å². The number of aromatic nitrogens is 1. The minimum Gasteiger partial charge on any atom is -0.265 e. The summed E-state index contributed by atoms with van der Waals surface area (Å²) < 4.78 is 0. The van der Waals surface area contributed by atoms with Crippen molar-refractivity contribution in [1.82, 2.24) is 4.98 Å². The van der Waals surface area contributed by atoms with Gasteiger partial charge < -0.3 is 0 Å². The third kappa shape index (κ3) is 2.96. The first-order valence-electron chi connectivity index (χ1n) is 7.32. The second kappa shape index (κ2) is 6.87. The summed E-state index contributed by atoms with van der Waals surface area (Å²) in [5, 5.41) is 2.53. The fraction of sp³-hybridized carbons (Fsp3) is 0. The minimum absolute atomic E-state index is 0. The van der Waals surface area contributed by atoms with Crippen molar-refractivity contribution >= 4 is 10.8 Å². The molecule has 0 aliphatic heterocycles. The SMILES string of the molecule is [Ir].[c-]1ccc(-c2cccc3cccc(-c4ccncc4)c23)cc1. The molecule has 0 atom stereocenters. The second-order valence-electron chi connectivity index (χ2n) is 5.23. The van der Waals surface area contributed by atoms with E-state index < -0.39 is 0 Å². The number of hydrogen-bond acceptors (Lipinski definition) is 1. The van der Waals surface area contributed by atoms with Crippen LogP contribution in [0.15, 0.2) is 85.2 Å². The van der Waals surface area contributed by atoms with Crippen LogP contribution in [0.3, 0.4) is 0 Å². The smallest absolute Gasteiger partial charge is 0.0273 e. The van der Waals surface area contributed by atoms with Crippen LogP contribution in [-0.2, 0) is 20.1 Å². The first-order valence-corrected chi connectivity index (χ1v) is 7.32. The fourth-order valence-electron chi connectivity index (χ4n) is 2.92. The van der Waals surface area contributed by atoms with Crippen molar-refractivity contribution in [3.05, 3.63) is 91.3 Å². The Labute approximate surface area is 149 Å². The fourth-order valence-corrected chi connectivity index (χ4v) is 2.92. The third-order valence-corrected chi connectivity index (χ3v) is 3.93. The maximum Gasteiger partial charge on any atom is 0.0273 e. The van der Waals surface area contributed by atoms with Crippen molar-refractivity contribution in [2.45, 2.75) is 0 Å². The molecule has 0 spiro atoms. The van der Waals surface area contributed by atoms with Crippen molar-refractivity contribution in [2.75, 3.05) is 0 Å². The Kier molecular flexibility index (Phi) is 4.66. The first kappa shape index (κ1) is 15.6. The van der Waals surface area contributed by atoms with Crippen molar-refractivity contribution < 1.29 is 20.1 Å². The van der Waals surface area contributed by atoms with E-state index in [1.807, 2.05) is 24.5 Å². The van der Waals surface area contributed by atoms with Crippen LogP contribution < -0.4 is 0 Å². The zero-order chi connectivity index (χ0) is 14.8. The molecule has 0 aliphatic carbocycles. The summed E-state index contributed by atoms with van der Waals surface area (Å²) in [5.74, 6) is 0. The van der Waals surface area contributed by atoms with Gasteiger partial charge in [0, 0.05) is 32.5 Å². The molecule has 1 heterocycles. The predicted octanol–water partition coefficient (Wildman–Crippen LogP) is 5.37. The molecule has 0 saturated carbocycles. The quantitative estimate of drug-likeness (QED) is 0.358. The number of pyridine rings is 1. The van der Waals surface area contributed by atoms with Gasteiger partial charge in [-0.1, -0.05) is 36.4 Å². The van der Waals surface area contributed by atoms with Gasteiger partial charge in [0.25, 0.3) is 0 Å². The summed E-state index contributed by atoms with van der Waals surface area (Å²) in [4.78, 5) is 4.13. The van der Waals surface area contributed by atoms with Crippen molar-refractivity contribution in [2.24, 2.45) is 0 Å². The van der Waals surface area contributed by atoms with Crippen LogP contribution in [0.4, 0.5) is 0 Å². The predicted molar refractivity (Wildman–Crippen MR) is 91.5 cm³/mol. The maximum absolute atomic E-state index is 4.13. The zero-order valence-corrected chi connectivity index (χ0v) is 14.8. The average molecular weight is 473 g/mol. The van der Waals surface area contributed by atoms with E-state index >= 15 is 0 Å². The number of fused-ring (bicyclic) bond motifs is 1. The molecule has 1 nitrogen and oxygen atoms in total. The zero-order valence-electron chi connectivity index (χ0n) is 12.4. The topological polar surface area (TPSA) is 12.9 Å². The van der Waals surface area contributed by atoms with Gasteiger partial charge in [-0.15, -0.1) is 5.56 Å². The Balaban J connectivity index is 0.00000156. The number of benzene rings is 3. The van der Waals surface area contributed by atoms with E-state index in [2.05, 4.69) is 71.7 Å². The monoisotopic (exact) mass is 473 g/mol. The first-order chi connectivity index (χ1) is 10.9. The van der Waals surface area contributed by atoms with Crippen LogP contribution in [0.1, 0.15) is 0 Å². The normalized spacial score (nSPS) is 10.3. The van der Waals surface area contributed by atoms with Crippen molar-refractivity contribution in [1.29, 1.82) is 0 Å². The Hall–Kier alpha value is -2.28. The molecule has 0 saturated heterocycles. The molecule has 1 aromatic heterocycles. The molecule has 2 heteroatoms. The van der Waals surface area contributed by atoms with Gasteiger partial charge in [-0.05, 0) is 39.6 Å². The molecular formula is C21H14IrN-. The van der Waals surface area contributed by atoms with Crippen LogP contribution in [0.5, 0.6) is 0 Å². The van der Waals surface area contributed by atoms with E-state index in [0.29, 0.717) is 0 Å². The van der Waals surface area contributed by atoms with Crippen LogP contribution >= 0.6 is 0 Å². The van der Waals surface area contributed by atoms with Gasteiger partial charge in [-0.3, -0.25) is 4.98 Å². The second-order valence-corrected chi connectivity index (χ2v) is 5.23. The molecule has 0 aliphatic rings. The van der Waals surface area contributed by atoms with E-state index in [4.69, 9.17) is 0 Å². The molecule has 4 rings (SSSR count). The Morgan fingerprint density at radius 3 is 1.83 bits per heavy atom. The molecule has 0 N–H and O–H groups in total. The van der Waals surface area contributed by atoms with Crippen LogP contribution in [0.2, 0.25) is 0 Å². The Morgan fingerprint density at radius 1 is 0.652 bits per heavy atom. The summed E-state index contributed by atoms with van der Waals surface area (Å²) in [7, 11) is 0. The summed E-state index contributed by atoms with van der Waals surface area (Å²) in [6.07, 6.45) is 3.68. The van der Waals surface area contributed by atoms with Crippen molar-refractivity contribution in [3.63, 3.8) is 0 Å². The molecule has 0 amide bonds. The Bertz CT molecular complexity index is 844. The number of nitrogens with zero attached hydrogens (tertiary/aromatic N) is 1. The molecule has 0 fully saturated rings. The molecule has 0 bridgehead atoms. The molecule has 1 radical (unpaired) electrons. The molecule has 0 unspecified atom stereocenters. The molecule has 4 aromatic rings. The Morgan fingerprint density at radius 2 is 1.22 bits per heavy atom. The standard InChI is InChI=1S/C21H14N.Ir/c1-2-6-16(7-3-1)19-10-4-8-18-9-5-11-20(21(18)19)17-12-14-22-15-13-17;/h2-15H;/q-1;. The van der Waals surface area contributed by atoms with Gasteiger partial charge in [0.2, 0.25) is 0 Å². The van der Waals surface area contributed by atoms with Crippen LogP contribution in [0, 0.1) is 6.07 Å². The van der Waals surface area contributed by atoms with Crippen molar-refractivity contribution in [3.8, 4) is 22.3 Å². The largest absolute Gasteiger partial charge is 0.265 e. The summed E-state index contributed by atoms with van der Waals surface area (Å²) in [6.45, 7) is 0. The summed E-state index contributed by atoms with van der Waals surface area (Å²) in [6, 6.07) is 28.3. The summed E-state index contributed by atoms with van der Waals surface area (Å²) in [5.41, 5.74) is 4.89. The average Bonchev–Trinajstić information content (AvgIpc) is 2.62. The molecule has 23 heavy (non-hydrogen) atoms. The summed E-state index contributed by atoms with van der Waals surface area (Å²) >= 11 is 0. The molecule has 113 valence electrons. The van der Waals surface area contributed by atoms with Gasteiger partial charge in [0.15, 0.2) is 0 Å². The number of rotatable bonds is 2. The van der Waals surface area contributed by atoms with E-state index in [0.717, 1.165) is 0 Å². The van der Waals surface area contributed by atoms with E-state index in [1.54, 1.807) is 0 Å². The van der Waals surface area contributed by atoms with E-state index in [9.17, 15) is 0 Å². The van der Waals surface area contributed by atoms with Gasteiger partial charge in [0.1, 0.15) is 0 Å². The van der Waals surface area contributed by atoms with E-state index in [1.165, 1.54) is 33.0 Å². The molecule has 3 aromatic carbocycles. The van der Waals surface area contributed by atoms with Crippen LogP contribution in [-0.4, -0.2) is 4.98 Å². The molecular weight excluding hydrogens is 458 g/mol. The number of hydrogen-bond donors (Lipinski definition) is 0. The van der Waals surface area contributed by atoms with Gasteiger partial charge >= 0.3 is 0 Å².